The van der Waals surface area contributed by atoms with Gasteiger partial charge < -0.3 is 10.2 Å². The van der Waals surface area contributed by atoms with Gasteiger partial charge in [-0.1, -0.05) is 54.8 Å². The van der Waals surface area contributed by atoms with Gasteiger partial charge in [-0.2, -0.15) is 0 Å². The number of nitrogens with zero attached hydrogens (tertiary/aromatic N) is 2. The van der Waals surface area contributed by atoms with Gasteiger partial charge in [0.05, 0.1) is 0 Å². The second kappa shape index (κ2) is 9.30. The third-order valence-corrected chi connectivity index (χ3v) is 4.62. The van der Waals surface area contributed by atoms with Gasteiger partial charge in [0.1, 0.15) is 0 Å². The Kier molecular flexibility index (Phi) is 7.40. The number of hydrogen-bond donors (Lipinski definition) is 1. The fraction of sp³-hybridized carbons (Fsp3) is 0.526. The summed E-state index contributed by atoms with van der Waals surface area (Å²) < 4.78 is 0. The highest BCUT2D eigenvalue weighted by Crippen LogP contribution is 2.31. The number of likely N-dealkylation sites (tertiary alicyclic amines) is 1. The lowest BCUT2D eigenvalue weighted by Crippen LogP contribution is -2.44. The lowest BCUT2D eigenvalue weighted by molar-refractivity contribution is 0.375. The van der Waals surface area contributed by atoms with E-state index in [9.17, 15) is 0 Å². The number of rotatable bonds is 4. The molecule has 1 aliphatic carbocycles. The van der Waals surface area contributed by atoms with E-state index >= 15 is 0 Å². The van der Waals surface area contributed by atoms with E-state index in [0.29, 0.717) is 0 Å². The maximum absolute atomic E-state index is 4.45. The van der Waals surface area contributed by atoms with E-state index < -0.39 is 0 Å². The molecule has 23 heavy (non-hydrogen) atoms. The lowest BCUT2D eigenvalue weighted by Gasteiger charge is -2.31. The third-order valence-electron chi connectivity index (χ3n) is 4.62. The Labute approximate surface area is 157 Å². The smallest absolute Gasteiger partial charge is 0.193 e. The molecule has 3 rings (SSSR count). The maximum atomic E-state index is 4.45. The van der Waals surface area contributed by atoms with Gasteiger partial charge in [-0.3, -0.25) is 4.99 Å². The largest absolute Gasteiger partial charge is 0.356 e. The molecule has 0 aromatic heterocycles. The summed E-state index contributed by atoms with van der Waals surface area (Å²) in [6.07, 6.45) is 8.78. The normalized spacial score (nSPS) is 18.4. The lowest BCUT2D eigenvalue weighted by atomic mass is 10.0. The number of benzene rings is 1. The van der Waals surface area contributed by atoms with Crippen molar-refractivity contribution < 1.29 is 0 Å². The van der Waals surface area contributed by atoms with Gasteiger partial charge in [-0.05, 0) is 30.7 Å². The van der Waals surface area contributed by atoms with Crippen LogP contribution in [-0.2, 0) is 0 Å². The summed E-state index contributed by atoms with van der Waals surface area (Å²) in [5.41, 5.74) is 2.87. The van der Waals surface area contributed by atoms with Crippen molar-refractivity contribution in [2.24, 2.45) is 10.9 Å². The zero-order chi connectivity index (χ0) is 15.2. The van der Waals surface area contributed by atoms with Crippen molar-refractivity contribution >= 4 is 36.0 Å². The molecule has 1 heterocycles. The first kappa shape index (κ1) is 18.3. The summed E-state index contributed by atoms with van der Waals surface area (Å²) in [5.74, 6) is 2.06. The molecule has 0 spiro atoms. The molecule has 1 saturated carbocycles. The highest BCUT2D eigenvalue weighted by atomic mass is 127. The van der Waals surface area contributed by atoms with Crippen LogP contribution in [0, 0.1) is 5.92 Å². The quantitative estimate of drug-likeness (QED) is 0.446. The standard InChI is InChI=1S/C19H27N3.HI/c1-20-19(21-12-9-16-7-8-16)22-13-10-18(11-14-22)15-17-5-3-2-4-6-17;/h2-6,15-16H,7-14H2,1H3,(H,20,21);1H. The molecule has 2 fully saturated rings. The van der Waals surface area contributed by atoms with E-state index in [4.69, 9.17) is 0 Å². The van der Waals surface area contributed by atoms with E-state index in [2.05, 4.69) is 51.6 Å². The monoisotopic (exact) mass is 425 g/mol. The van der Waals surface area contributed by atoms with Crippen molar-refractivity contribution in [3.63, 3.8) is 0 Å². The first-order chi connectivity index (χ1) is 10.8. The molecule has 1 saturated heterocycles. The molecule has 0 unspecified atom stereocenters. The van der Waals surface area contributed by atoms with Crippen molar-refractivity contribution in [2.45, 2.75) is 32.1 Å². The molecule has 3 nitrogen and oxygen atoms in total. The number of aliphatic imine (C=N–C) groups is 1. The van der Waals surface area contributed by atoms with Crippen LogP contribution in [0.5, 0.6) is 0 Å². The Balaban J connectivity index is 0.00000192. The van der Waals surface area contributed by atoms with Gasteiger partial charge in [0.15, 0.2) is 5.96 Å². The number of piperidine rings is 1. The fourth-order valence-corrected chi connectivity index (χ4v) is 3.06. The molecule has 0 bridgehead atoms. The van der Waals surface area contributed by atoms with Gasteiger partial charge in [0.2, 0.25) is 0 Å². The summed E-state index contributed by atoms with van der Waals surface area (Å²) in [7, 11) is 1.90. The molecule has 2 aliphatic rings. The maximum Gasteiger partial charge on any atom is 0.193 e. The SMILES string of the molecule is CN=C(NCCC1CC1)N1CCC(=Cc2ccccc2)CC1.I. The van der Waals surface area contributed by atoms with Gasteiger partial charge in [-0.15, -0.1) is 24.0 Å². The van der Waals surface area contributed by atoms with E-state index in [-0.39, 0.29) is 24.0 Å². The average Bonchev–Trinajstić information content (AvgIpc) is 3.38. The summed E-state index contributed by atoms with van der Waals surface area (Å²) >= 11 is 0. The average molecular weight is 425 g/mol. The van der Waals surface area contributed by atoms with Gasteiger partial charge in [0.25, 0.3) is 0 Å². The van der Waals surface area contributed by atoms with Crippen LogP contribution in [0.1, 0.15) is 37.7 Å². The zero-order valence-corrected chi connectivity index (χ0v) is 16.3. The molecule has 1 aromatic carbocycles. The van der Waals surface area contributed by atoms with Crippen LogP contribution in [0.2, 0.25) is 0 Å². The summed E-state index contributed by atoms with van der Waals surface area (Å²) in [5, 5.41) is 3.53. The van der Waals surface area contributed by atoms with Crippen LogP contribution in [0.4, 0.5) is 0 Å². The molecule has 0 atom stereocenters. The van der Waals surface area contributed by atoms with Crippen molar-refractivity contribution in [3.8, 4) is 0 Å². The molecule has 4 heteroatoms. The molecular formula is C19H28IN3. The fourth-order valence-electron chi connectivity index (χ4n) is 3.06. The number of hydrogen-bond acceptors (Lipinski definition) is 1. The van der Waals surface area contributed by atoms with Crippen molar-refractivity contribution in [3.05, 3.63) is 41.5 Å². The third kappa shape index (κ3) is 5.83. The van der Waals surface area contributed by atoms with Crippen molar-refractivity contribution in [2.75, 3.05) is 26.7 Å². The molecule has 1 N–H and O–H groups in total. The van der Waals surface area contributed by atoms with Gasteiger partial charge in [0, 0.05) is 26.7 Å². The van der Waals surface area contributed by atoms with Crippen molar-refractivity contribution in [1.29, 1.82) is 0 Å². The van der Waals surface area contributed by atoms with Crippen LogP contribution >= 0.6 is 24.0 Å². The zero-order valence-electron chi connectivity index (χ0n) is 14.0. The highest BCUT2D eigenvalue weighted by Gasteiger charge is 2.21. The molecule has 0 radical (unpaired) electrons. The minimum atomic E-state index is 0. The van der Waals surface area contributed by atoms with E-state index in [1.807, 2.05) is 7.05 Å². The van der Waals surface area contributed by atoms with E-state index in [1.165, 1.54) is 24.8 Å². The highest BCUT2D eigenvalue weighted by molar-refractivity contribution is 14.0. The van der Waals surface area contributed by atoms with Gasteiger partial charge >= 0.3 is 0 Å². The van der Waals surface area contributed by atoms with Gasteiger partial charge in [-0.25, -0.2) is 0 Å². The topological polar surface area (TPSA) is 27.6 Å². The summed E-state index contributed by atoms with van der Waals surface area (Å²) in [4.78, 5) is 6.85. The predicted octanol–water partition coefficient (Wildman–Crippen LogP) is 4.16. The first-order valence-electron chi connectivity index (χ1n) is 8.55. The summed E-state index contributed by atoms with van der Waals surface area (Å²) in [6.45, 7) is 3.21. The van der Waals surface area contributed by atoms with Crippen LogP contribution in [0.15, 0.2) is 40.9 Å². The first-order valence-corrected chi connectivity index (χ1v) is 8.55. The van der Waals surface area contributed by atoms with E-state index in [1.54, 1.807) is 5.57 Å². The Morgan fingerprint density at radius 2 is 1.91 bits per heavy atom. The number of halogens is 1. The van der Waals surface area contributed by atoms with Crippen LogP contribution in [0.3, 0.4) is 0 Å². The second-order valence-electron chi connectivity index (χ2n) is 6.41. The predicted molar refractivity (Wildman–Crippen MR) is 109 cm³/mol. The molecule has 1 aromatic rings. The Morgan fingerprint density at radius 3 is 2.52 bits per heavy atom. The second-order valence-corrected chi connectivity index (χ2v) is 6.41. The van der Waals surface area contributed by atoms with Crippen LogP contribution in [-0.4, -0.2) is 37.5 Å². The van der Waals surface area contributed by atoms with Crippen LogP contribution < -0.4 is 5.32 Å². The van der Waals surface area contributed by atoms with Crippen LogP contribution in [0.25, 0.3) is 6.08 Å². The number of nitrogens with one attached hydrogen (secondary N) is 1. The van der Waals surface area contributed by atoms with E-state index in [0.717, 1.165) is 44.4 Å². The summed E-state index contributed by atoms with van der Waals surface area (Å²) in [6, 6.07) is 10.6. The van der Waals surface area contributed by atoms with Crippen molar-refractivity contribution in [1.82, 2.24) is 10.2 Å². The molecule has 0 amide bonds. The molecular weight excluding hydrogens is 397 g/mol. The minimum absolute atomic E-state index is 0. The number of guanidine groups is 1. The minimum Gasteiger partial charge on any atom is -0.356 e. The molecule has 126 valence electrons. The molecule has 1 aliphatic heterocycles. The Hall–Kier alpha value is -1.04. The Bertz CT molecular complexity index is 525. The Morgan fingerprint density at radius 1 is 1.22 bits per heavy atom.